The van der Waals surface area contributed by atoms with Gasteiger partial charge in [0.1, 0.15) is 0 Å². The summed E-state index contributed by atoms with van der Waals surface area (Å²) in [7, 11) is -2.26. The summed E-state index contributed by atoms with van der Waals surface area (Å²) in [5, 5.41) is 9.24. The molecule has 0 radical (unpaired) electrons. The van der Waals surface area contributed by atoms with Crippen LogP contribution in [-0.4, -0.2) is 29.0 Å². The van der Waals surface area contributed by atoms with Crippen LogP contribution in [-0.2, 0) is 29.9 Å². The van der Waals surface area contributed by atoms with E-state index in [1.807, 2.05) is 0 Å². The third-order valence-corrected chi connectivity index (χ3v) is 5.16. The van der Waals surface area contributed by atoms with Crippen molar-refractivity contribution < 1.29 is 18.3 Å². The average Bonchev–Trinajstić information content (AvgIpc) is 2.93. The zero-order chi connectivity index (χ0) is 16.6. The van der Waals surface area contributed by atoms with Gasteiger partial charge in [0.25, 0.3) is 10.0 Å². The number of benzene rings is 1. The number of aryl methyl sites for hydroxylation is 3. The molecular formula is C15H17N3O4S. The first-order valence-electron chi connectivity index (χ1n) is 7.27. The normalized spacial score (nSPS) is 14.3. The van der Waals surface area contributed by atoms with E-state index < -0.39 is 16.0 Å². The van der Waals surface area contributed by atoms with Crippen molar-refractivity contribution in [2.24, 2.45) is 7.05 Å². The highest BCUT2D eigenvalue weighted by Crippen LogP contribution is 2.29. The molecular weight excluding hydrogens is 318 g/mol. The fourth-order valence-electron chi connectivity index (χ4n) is 2.77. The molecule has 1 aliphatic rings. The van der Waals surface area contributed by atoms with Gasteiger partial charge in [0.05, 0.1) is 17.6 Å². The van der Waals surface area contributed by atoms with Gasteiger partial charge in [0, 0.05) is 13.2 Å². The van der Waals surface area contributed by atoms with E-state index in [1.54, 1.807) is 19.2 Å². The Morgan fingerprint density at radius 3 is 2.48 bits per heavy atom. The number of carboxylic acid groups (broad SMARTS) is 1. The minimum absolute atomic E-state index is 0.0369. The number of hydrogen-bond donors (Lipinski definition) is 2. The summed E-state index contributed by atoms with van der Waals surface area (Å²) in [6, 6.07) is 3.21. The van der Waals surface area contributed by atoms with Crippen LogP contribution >= 0.6 is 0 Å². The predicted molar refractivity (Wildman–Crippen MR) is 84.1 cm³/mol. The summed E-state index contributed by atoms with van der Waals surface area (Å²) >= 11 is 0. The van der Waals surface area contributed by atoms with Crippen molar-refractivity contribution in [2.45, 2.75) is 30.7 Å². The van der Waals surface area contributed by atoms with Crippen molar-refractivity contribution in [2.75, 3.05) is 4.72 Å². The van der Waals surface area contributed by atoms with Crippen LogP contribution in [0.15, 0.2) is 29.7 Å². The molecule has 2 N–H and O–H groups in total. The maximum Gasteiger partial charge on any atom is 0.337 e. The van der Waals surface area contributed by atoms with E-state index in [0.29, 0.717) is 0 Å². The van der Waals surface area contributed by atoms with E-state index >= 15 is 0 Å². The number of aromatic nitrogens is 2. The lowest BCUT2D eigenvalue weighted by atomic mass is 9.89. The fraction of sp³-hybridized carbons (Fsp3) is 0.333. The Kier molecular flexibility index (Phi) is 3.85. The molecule has 1 aliphatic carbocycles. The second-order valence-electron chi connectivity index (χ2n) is 5.66. The number of sulfonamides is 1. The molecule has 2 aromatic rings. The third kappa shape index (κ3) is 3.07. The molecule has 1 heterocycles. The molecule has 0 spiro atoms. The molecule has 0 fully saturated rings. The quantitative estimate of drug-likeness (QED) is 0.887. The zero-order valence-electron chi connectivity index (χ0n) is 12.6. The van der Waals surface area contributed by atoms with Gasteiger partial charge in [-0.05, 0) is 48.9 Å². The second-order valence-corrected chi connectivity index (χ2v) is 7.29. The van der Waals surface area contributed by atoms with Gasteiger partial charge in [-0.25, -0.2) is 9.78 Å². The molecule has 122 valence electrons. The molecule has 0 atom stereocenters. The van der Waals surface area contributed by atoms with Crippen LogP contribution in [0.3, 0.4) is 0 Å². The SMILES string of the molecule is Cn1cnc(S(=O)(=O)Nc2cc3c(cc2C(=O)O)CCCC3)c1. The van der Waals surface area contributed by atoms with Crippen LogP contribution in [0.25, 0.3) is 0 Å². The molecule has 1 aromatic heterocycles. The number of rotatable bonds is 4. The van der Waals surface area contributed by atoms with Gasteiger partial charge in [-0.15, -0.1) is 0 Å². The zero-order valence-corrected chi connectivity index (χ0v) is 13.4. The van der Waals surface area contributed by atoms with Gasteiger partial charge in [-0.3, -0.25) is 4.72 Å². The lowest BCUT2D eigenvalue weighted by Gasteiger charge is -2.19. The number of fused-ring (bicyclic) bond motifs is 1. The van der Waals surface area contributed by atoms with Crippen molar-refractivity contribution in [1.29, 1.82) is 0 Å². The summed E-state index contributed by atoms with van der Waals surface area (Å²) < 4.78 is 28.6. The molecule has 0 saturated carbocycles. The molecule has 8 heteroatoms. The number of hydrogen-bond acceptors (Lipinski definition) is 4. The summed E-state index contributed by atoms with van der Waals surface area (Å²) in [6.07, 6.45) is 6.42. The first kappa shape index (κ1) is 15.5. The lowest BCUT2D eigenvalue weighted by Crippen LogP contribution is -2.17. The monoisotopic (exact) mass is 335 g/mol. The smallest absolute Gasteiger partial charge is 0.337 e. The van der Waals surface area contributed by atoms with Gasteiger partial charge >= 0.3 is 5.97 Å². The Balaban J connectivity index is 2.03. The number of nitrogens with one attached hydrogen (secondary N) is 1. The lowest BCUT2D eigenvalue weighted by molar-refractivity contribution is 0.0698. The molecule has 0 unspecified atom stereocenters. The number of nitrogens with zero attached hydrogens (tertiary/aromatic N) is 2. The number of carbonyl (C=O) groups is 1. The van der Waals surface area contributed by atoms with E-state index in [1.165, 1.54) is 17.1 Å². The first-order chi connectivity index (χ1) is 10.9. The number of anilines is 1. The van der Waals surface area contributed by atoms with Crippen LogP contribution in [0.1, 0.15) is 34.3 Å². The maximum absolute atomic E-state index is 12.4. The minimum Gasteiger partial charge on any atom is -0.478 e. The number of aromatic carboxylic acids is 1. The van der Waals surface area contributed by atoms with Crippen LogP contribution in [0.5, 0.6) is 0 Å². The highest BCUT2D eigenvalue weighted by Gasteiger charge is 2.23. The molecule has 0 bridgehead atoms. The van der Waals surface area contributed by atoms with E-state index in [9.17, 15) is 18.3 Å². The Bertz CT molecular complexity index is 871. The first-order valence-corrected chi connectivity index (χ1v) is 8.75. The van der Waals surface area contributed by atoms with Crippen LogP contribution in [0, 0.1) is 0 Å². The Hall–Kier alpha value is -2.35. The average molecular weight is 335 g/mol. The van der Waals surface area contributed by atoms with Gasteiger partial charge in [-0.2, -0.15) is 8.42 Å². The van der Waals surface area contributed by atoms with Crippen molar-refractivity contribution in [3.63, 3.8) is 0 Å². The highest BCUT2D eigenvalue weighted by molar-refractivity contribution is 7.92. The standard InChI is InChI=1S/C15H17N3O4S/c1-18-8-14(16-9-18)23(21,22)17-13-7-11-5-3-2-4-10(11)6-12(13)15(19)20/h6-9,17H,2-5H2,1H3,(H,19,20). The van der Waals surface area contributed by atoms with Crippen LogP contribution in [0.4, 0.5) is 5.69 Å². The van der Waals surface area contributed by atoms with E-state index in [2.05, 4.69) is 9.71 Å². The Morgan fingerprint density at radius 2 is 1.91 bits per heavy atom. The van der Waals surface area contributed by atoms with Crippen LogP contribution < -0.4 is 4.72 Å². The topological polar surface area (TPSA) is 101 Å². The summed E-state index contributed by atoms with van der Waals surface area (Å²) in [4.78, 5) is 15.3. The molecule has 1 aromatic carbocycles. The molecule has 0 aliphatic heterocycles. The van der Waals surface area contributed by atoms with E-state index in [4.69, 9.17) is 0 Å². The van der Waals surface area contributed by atoms with Crippen molar-refractivity contribution in [3.8, 4) is 0 Å². The fourth-order valence-corrected chi connectivity index (χ4v) is 3.83. The van der Waals surface area contributed by atoms with Gasteiger partial charge in [-0.1, -0.05) is 0 Å². The predicted octanol–water partition coefficient (Wildman–Crippen LogP) is 1.80. The van der Waals surface area contributed by atoms with Gasteiger partial charge in [0.15, 0.2) is 5.03 Å². The van der Waals surface area contributed by atoms with Crippen molar-refractivity contribution in [1.82, 2.24) is 9.55 Å². The van der Waals surface area contributed by atoms with Gasteiger partial charge < -0.3 is 9.67 Å². The maximum atomic E-state index is 12.4. The van der Waals surface area contributed by atoms with Crippen LogP contribution in [0.2, 0.25) is 0 Å². The van der Waals surface area contributed by atoms with Gasteiger partial charge in [0.2, 0.25) is 0 Å². The highest BCUT2D eigenvalue weighted by atomic mass is 32.2. The summed E-state index contributed by atoms with van der Waals surface area (Å²) in [5.74, 6) is -1.16. The van der Waals surface area contributed by atoms with Crippen molar-refractivity contribution >= 4 is 21.7 Å². The summed E-state index contributed by atoms with van der Waals surface area (Å²) in [6.45, 7) is 0. The minimum atomic E-state index is -3.92. The third-order valence-electron chi connectivity index (χ3n) is 3.91. The van der Waals surface area contributed by atoms with Crippen molar-refractivity contribution in [3.05, 3.63) is 41.3 Å². The molecule has 23 heavy (non-hydrogen) atoms. The molecule has 3 rings (SSSR count). The molecule has 0 amide bonds. The Labute approximate surface area is 134 Å². The Morgan fingerprint density at radius 1 is 1.26 bits per heavy atom. The molecule has 0 saturated heterocycles. The van der Waals surface area contributed by atoms with E-state index in [0.717, 1.165) is 36.8 Å². The number of imidazole rings is 1. The number of carboxylic acids is 1. The van der Waals surface area contributed by atoms with E-state index in [-0.39, 0.29) is 16.3 Å². The largest absolute Gasteiger partial charge is 0.478 e. The second kappa shape index (κ2) is 5.69. The summed E-state index contributed by atoms with van der Waals surface area (Å²) in [5.41, 5.74) is 2.03. The molecule has 7 nitrogen and oxygen atoms in total.